The number of halogens is 2. The minimum absolute atomic E-state index is 0.476. The minimum atomic E-state index is 0.476. The minimum Gasteiger partial charge on any atom is -0.361 e. The molecule has 19 heavy (non-hydrogen) atoms. The van der Waals surface area contributed by atoms with E-state index in [-0.39, 0.29) is 0 Å². The summed E-state index contributed by atoms with van der Waals surface area (Å²) in [7, 11) is 0. The second-order valence-electron chi connectivity index (χ2n) is 3.90. The van der Waals surface area contributed by atoms with E-state index in [1.165, 1.54) is 11.8 Å². The van der Waals surface area contributed by atoms with E-state index in [0.717, 1.165) is 11.5 Å². The molecule has 0 atom stereocenters. The van der Waals surface area contributed by atoms with Crippen LogP contribution in [-0.4, -0.2) is 19.8 Å². The predicted octanol–water partition coefficient (Wildman–Crippen LogP) is 3.62. The number of thioether (sulfide) groups is 1. The summed E-state index contributed by atoms with van der Waals surface area (Å²) in [5, 5.41) is 13.8. The lowest BCUT2D eigenvalue weighted by Crippen LogP contribution is -1.89. The first-order valence-electron chi connectivity index (χ1n) is 5.38. The zero-order valence-corrected chi connectivity index (χ0v) is 12.1. The molecule has 0 aliphatic heterocycles. The lowest BCUT2D eigenvalue weighted by molar-refractivity contribution is 0.393. The van der Waals surface area contributed by atoms with E-state index < -0.39 is 0 Å². The summed E-state index contributed by atoms with van der Waals surface area (Å²) in [6, 6.07) is 3.53. The highest BCUT2D eigenvalue weighted by atomic mass is 35.5. The van der Waals surface area contributed by atoms with Gasteiger partial charge in [0.1, 0.15) is 5.76 Å². The molecule has 0 saturated carbocycles. The molecule has 0 radical (unpaired) electrons. The van der Waals surface area contributed by atoms with Crippen LogP contribution in [-0.2, 0) is 5.75 Å². The Balaban J connectivity index is 1.89. The van der Waals surface area contributed by atoms with E-state index in [1.54, 1.807) is 16.7 Å². The Labute approximate surface area is 122 Å². The largest absolute Gasteiger partial charge is 0.361 e. The van der Waals surface area contributed by atoms with E-state index in [0.29, 0.717) is 26.6 Å². The molecule has 0 aliphatic carbocycles. The molecule has 0 fully saturated rings. The number of aromatic nitrogens is 4. The van der Waals surface area contributed by atoms with Gasteiger partial charge in [0.05, 0.1) is 15.7 Å². The summed E-state index contributed by atoms with van der Waals surface area (Å²) < 4.78 is 6.78. The Bertz CT molecular complexity index is 739. The van der Waals surface area contributed by atoms with Gasteiger partial charge in [-0.1, -0.05) is 40.1 Å². The van der Waals surface area contributed by atoms with E-state index in [4.69, 9.17) is 27.7 Å². The maximum Gasteiger partial charge on any atom is 0.196 e. The highest BCUT2D eigenvalue weighted by molar-refractivity contribution is 7.98. The van der Waals surface area contributed by atoms with Gasteiger partial charge in [-0.2, -0.15) is 0 Å². The first kappa shape index (κ1) is 12.8. The first-order valence-corrected chi connectivity index (χ1v) is 7.12. The first-order chi connectivity index (χ1) is 9.13. The topological polar surface area (TPSA) is 56.2 Å². The Morgan fingerprint density at radius 2 is 2.16 bits per heavy atom. The molecule has 5 nitrogen and oxygen atoms in total. The average Bonchev–Trinajstić information content (AvgIpc) is 2.93. The van der Waals surface area contributed by atoms with Gasteiger partial charge in [0.15, 0.2) is 10.8 Å². The van der Waals surface area contributed by atoms with E-state index in [1.807, 2.05) is 13.0 Å². The van der Waals surface area contributed by atoms with Crippen molar-refractivity contribution in [1.82, 2.24) is 19.8 Å². The lowest BCUT2D eigenvalue weighted by atomic mass is 10.4. The van der Waals surface area contributed by atoms with Crippen molar-refractivity contribution < 1.29 is 4.52 Å². The molecule has 0 spiro atoms. The smallest absolute Gasteiger partial charge is 0.196 e. The van der Waals surface area contributed by atoms with Crippen molar-refractivity contribution in [3.8, 4) is 0 Å². The molecule has 98 valence electrons. The normalized spacial score (nSPS) is 11.3. The number of fused-ring (bicyclic) bond motifs is 1. The molecule has 0 bridgehead atoms. The summed E-state index contributed by atoms with van der Waals surface area (Å²) in [5.74, 6) is 1.43. The third-order valence-corrected chi connectivity index (χ3v) is 3.88. The lowest BCUT2D eigenvalue weighted by Gasteiger charge is -2.00. The number of nitrogens with zero attached hydrogens (tertiary/aromatic N) is 4. The van der Waals surface area contributed by atoms with Crippen LogP contribution in [0.25, 0.3) is 5.65 Å². The van der Waals surface area contributed by atoms with Crippen LogP contribution in [0.4, 0.5) is 0 Å². The molecule has 3 rings (SSSR count). The fraction of sp³-hybridized carbons (Fsp3) is 0.182. The van der Waals surface area contributed by atoms with Gasteiger partial charge in [0.25, 0.3) is 0 Å². The third-order valence-electron chi connectivity index (χ3n) is 2.42. The van der Waals surface area contributed by atoms with E-state index >= 15 is 0 Å². The van der Waals surface area contributed by atoms with Crippen molar-refractivity contribution in [3.05, 3.63) is 39.8 Å². The Hall–Kier alpha value is -1.24. The zero-order chi connectivity index (χ0) is 13.4. The van der Waals surface area contributed by atoms with Crippen LogP contribution < -0.4 is 0 Å². The monoisotopic (exact) mass is 314 g/mol. The summed E-state index contributed by atoms with van der Waals surface area (Å²) in [5.41, 5.74) is 1.44. The highest BCUT2D eigenvalue weighted by Crippen LogP contribution is 2.26. The highest BCUT2D eigenvalue weighted by Gasteiger charge is 2.11. The van der Waals surface area contributed by atoms with Gasteiger partial charge in [0, 0.05) is 18.0 Å². The molecule has 3 heterocycles. The van der Waals surface area contributed by atoms with Gasteiger partial charge in [0.2, 0.25) is 0 Å². The summed E-state index contributed by atoms with van der Waals surface area (Å²) in [6.45, 7) is 1.85. The third kappa shape index (κ3) is 2.56. The second kappa shape index (κ2) is 5.03. The van der Waals surface area contributed by atoms with Crippen LogP contribution in [0.5, 0.6) is 0 Å². The maximum absolute atomic E-state index is 6.05. The fourth-order valence-corrected chi connectivity index (χ4v) is 2.92. The molecule has 0 aliphatic rings. The van der Waals surface area contributed by atoms with Crippen LogP contribution in [0.15, 0.2) is 28.0 Å². The average molecular weight is 315 g/mol. The van der Waals surface area contributed by atoms with Gasteiger partial charge in [-0.3, -0.25) is 4.40 Å². The molecule has 0 saturated heterocycles. The van der Waals surface area contributed by atoms with Crippen molar-refractivity contribution in [2.24, 2.45) is 0 Å². The molecular formula is C11H8Cl2N4OS. The molecule has 8 heteroatoms. The second-order valence-corrected chi connectivity index (χ2v) is 5.69. The molecule has 0 N–H and O–H groups in total. The maximum atomic E-state index is 6.05. The molecule has 0 amide bonds. The van der Waals surface area contributed by atoms with Crippen LogP contribution >= 0.6 is 35.0 Å². The SMILES string of the molecule is Cc1cc(CSc2nnc3c(Cl)cc(Cl)cn23)no1. The summed E-state index contributed by atoms with van der Waals surface area (Å²) in [6.07, 6.45) is 1.74. The Morgan fingerprint density at radius 3 is 2.89 bits per heavy atom. The van der Waals surface area contributed by atoms with Crippen LogP contribution in [0, 0.1) is 6.92 Å². The Morgan fingerprint density at radius 1 is 1.32 bits per heavy atom. The zero-order valence-electron chi connectivity index (χ0n) is 9.80. The van der Waals surface area contributed by atoms with Crippen LogP contribution in [0.3, 0.4) is 0 Å². The van der Waals surface area contributed by atoms with Crippen molar-refractivity contribution in [1.29, 1.82) is 0 Å². The summed E-state index contributed by atoms with van der Waals surface area (Å²) >= 11 is 13.5. The quantitative estimate of drug-likeness (QED) is 0.691. The molecule has 3 aromatic heterocycles. The van der Waals surface area contributed by atoms with Crippen LogP contribution in [0.2, 0.25) is 10.0 Å². The number of aryl methyl sites for hydroxylation is 1. The fourth-order valence-electron chi connectivity index (χ4n) is 1.63. The van der Waals surface area contributed by atoms with E-state index in [2.05, 4.69) is 15.4 Å². The van der Waals surface area contributed by atoms with Crippen molar-refractivity contribution in [2.75, 3.05) is 0 Å². The van der Waals surface area contributed by atoms with Crippen molar-refractivity contribution in [3.63, 3.8) is 0 Å². The van der Waals surface area contributed by atoms with Crippen molar-refractivity contribution >= 4 is 40.6 Å². The molecule has 3 aromatic rings. The van der Waals surface area contributed by atoms with Gasteiger partial charge >= 0.3 is 0 Å². The standard InChI is InChI=1S/C11H8Cl2N4OS/c1-6-2-8(16-18-6)5-19-11-15-14-10-9(13)3-7(12)4-17(10)11/h2-4H,5H2,1H3. The Kier molecular flexibility index (Phi) is 3.38. The van der Waals surface area contributed by atoms with Crippen LogP contribution in [0.1, 0.15) is 11.5 Å². The number of pyridine rings is 1. The van der Waals surface area contributed by atoms with Gasteiger partial charge in [-0.25, -0.2) is 0 Å². The van der Waals surface area contributed by atoms with Gasteiger partial charge in [-0.05, 0) is 13.0 Å². The summed E-state index contributed by atoms with van der Waals surface area (Å²) in [4.78, 5) is 0. The molecule has 0 aromatic carbocycles. The van der Waals surface area contributed by atoms with Gasteiger partial charge < -0.3 is 4.52 Å². The predicted molar refractivity (Wildman–Crippen MR) is 73.8 cm³/mol. The van der Waals surface area contributed by atoms with Crippen molar-refractivity contribution in [2.45, 2.75) is 17.8 Å². The number of rotatable bonds is 3. The van der Waals surface area contributed by atoms with E-state index in [9.17, 15) is 0 Å². The number of hydrogen-bond donors (Lipinski definition) is 0. The van der Waals surface area contributed by atoms with Gasteiger partial charge in [-0.15, -0.1) is 10.2 Å². The molecule has 0 unspecified atom stereocenters. The molecular weight excluding hydrogens is 307 g/mol. The number of hydrogen-bond acceptors (Lipinski definition) is 5.